The number of pyridine rings is 1. The highest BCUT2D eigenvalue weighted by Gasteiger charge is 2.35. The number of aromatic nitrogens is 1. The van der Waals surface area contributed by atoms with Gasteiger partial charge in [0.25, 0.3) is 5.91 Å². The van der Waals surface area contributed by atoms with E-state index in [4.69, 9.17) is 10.7 Å². The quantitative estimate of drug-likeness (QED) is 0.810. The molecule has 136 valence electrons. The van der Waals surface area contributed by atoms with Crippen molar-refractivity contribution in [3.05, 3.63) is 22.9 Å². The van der Waals surface area contributed by atoms with Gasteiger partial charge in [0, 0.05) is 24.1 Å². The monoisotopic (exact) mass is 363 g/mol. The largest absolute Gasteiger partial charge is 0.365 e. The van der Waals surface area contributed by atoms with Crippen LogP contribution in [0.1, 0.15) is 68.1 Å². The Morgan fingerprint density at radius 1 is 1.32 bits per heavy atom. The molecule has 1 amide bonds. The minimum absolute atomic E-state index is 0.244. The number of hydrogen-bond acceptors (Lipinski definition) is 5. The summed E-state index contributed by atoms with van der Waals surface area (Å²) in [4.78, 5) is 19.3. The molecule has 0 saturated carbocycles. The summed E-state index contributed by atoms with van der Waals surface area (Å²) < 4.78 is 23.3. The molecule has 2 aliphatic rings. The van der Waals surface area contributed by atoms with Gasteiger partial charge >= 0.3 is 0 Å². The van der Waals surface area contributed by atoms with Crippen molar-refractivity contribution in [2.24, 2.45) is 11.7 Å². The van der Waals surface area contributed by atoms with Crippen LogP contribution >= 0.6 is 0 Å². The summed E-state index contributed by atoms with van der Waals surface area (Å²) in [6.45, 7) is 8.01. The Morgan fingerprint density at radius 2 is 1.96 bits per heavy atom. The van der Waals surface area contributed by atoms with Crippen LogP contribution in [0.3, 0.4) is 0 Å². The molecule has 7 heteroatoms. The van der Waals surface area contributed by atoms with Gasteiger partial charge < -0.3 is 10.6 Å². The number of amides is 1. The molecule has 0 atom stereocenters. The van der Waals surface area contributed by atoms with E-state index in [0.717, 1.165) is 31.6 Å². The molecule has 1 saturated heterocycles. The number of nitrogens with two attached hydrogens (primary N) is 1. The van der Waals surface area contributed by atoms with Crippen molar-refractivity contribution in [2.75, 3.05) is 18.0 Å². The lowest BCUT2D eigenvalue weighted by atomic mass is 9.75. The molecule has 25 heavy (non-hydrogen) atoms. The van der Waals surface area contributed by atoms with Crippen LogP contribution in [-0.4, -0.2) is 37.3 Å². The van der Waals surface area contributed by atoms with Gasteiger partial charge in [-0.15, -0.1) is 0 Å². The average molecular weight is 363 g/mol. The van der Waals surface area contributed by atoms with E-state index in [1.165, 1.54) is 0 Å². The van der Waals surface area contributed by atoms with Crippen LogP contribution in [0.4, 0.5) is 5.82 Å². The highest BCUT2D eigenvalue weighted by Crippen LogP contribution is 2.38. The van der Waals surface area contributed by atoms with Crippen molar-refractivity contribution in [1.29, 1.82) is 0 Å². The number of anilines is 1. The maximum atomic E-state index is 12.0. The third-order valence-electron chi connectivity index (χ3n) is 5.47. The van der Waals surface area contributed by atoms with Crippen molar-refractivity contribution in [1.82, 2.24) is 4.98 Å². The summed E-state index contributed by atoms with van der Waals surface area (Å²) in [6, 6.07) is 1.64. The first-order valence-corrected chi connectivity index (χ1v) is 9.84. The van der Waals surface area contributed by atoms with Gasteiger partial charge in [-0.05, 0) is 37.7 Å². The molecule has 1 aromatic rings. The third-order valence-corrected chi connectivity index (χ3v) is 6.30. The van der Waals surface area contributed by atoms with E-state index in [1.807, 2.05) is 0 Å². The number of hydrogen-bond donors (Lipinski definition) is 1. The Balaban J connectivity index is 2.21. The van der Waals surface area contributed by atoms with E-state index >= 15 is 0 Å². The predicted octanol–water partition coefficient (Wildman–Crippen LogP) is 1.89. The smallest absolute Gasteiger partial charge is 0.252 e. The highest BCUT2D eigenvalue weighted by molar-refractivity contribution is 7.73. The second-order valence-electron chi connectivity index (χ2n) is 7.83. The van der Waals surface area contributed by atoms with Gasteiger partial charge in [-0.3, -0.25) is 4.79 Å². The maximum Gasteiger partial charge on any atom is 0.252 e. The Hall–Kier alpha value is -1.89. The summed E-state index contributed by atoms with van der Waals surface area (Å²) in [5.74, 6) is 0.692. The number of carbonyl (C=O) groups excluding carboxylic acids is 1. The molecule has 6 nitrogen and oxygen atoms in total. The molecule has 2 heterocycles. The molecule has 1 aromatic heterocycles. The first-order chi connectivity index (χ1) is 11.7. The molecular weight excluding hydrogens is 338 g/mol. The first kappa shape index (κ1) is 17.9. The molecule has 0 unspecified atom stereocenters. The Labute approximate surface area is 150 Å². The van der Waals surface area contributed by atoms with E-state index < -0.39 is 16.2 Å². The predicted molar refractivity (Wildman–Crippen MR) is 98.7 cm³/mol. The lowest BCUT2D eigenvalue weighted by Gasteiger charge is -2.36. The summed E-state index contributed by atoms with van der Waals surface area (Å²) in [5.41, 5.74) is 6.97. The normalized spacial score (nSPS) is 20.3. The van der Waals surface area contributed by atoms with E-state index in [-0.39, 0.29) is 5.41 Å². The van der Waals surface area contributed by atoms with E-state index in [1.54, 1.807) is 6.07 Å². The fraction of sp³-hybridized carbons (Fsp3) is 0.611. The van der Waals surface area contributed by atoms with Crippen molar-refractivity contribution in [2.45, 2.75) is 51.9 Å². The molecule has 1 aliphatic carbocycles. The molecular formula is C18H25N3O3S. The highest BCUT2D eigenvalue weighted by atomic mass is 32.2. The van der Waals surface area contributed by atoms with Gasteiger partial charge in [0.15, 0.2) is 0 Å². The molecule has 2 N–H and O–H groups in total. The molecule has 0 radical (unpaired) electrons. The minimum Gasteiger partial charge on any atom is -0.365 e. The number of rotatable bonds is 2. The van der Waals surface area contributed by atoms with Crippen LogP contribution in [0, 0.1) is 5.92 Å². The van der Waals surface area contributed by atoms with Gasteiger partial charge in [0.2, 0.25) is 10.3 Å². The van der Waals surface area contributed by atoms with Gasteiger partial charge in [-0.1, -0.05) is 20.8 Å². The fourth-order valence-electron chi connectivity index (χ4n) is 3.73. The van der Waals surface area contributed by atoms with E-state index in [2.05, 4.69) is 25.7 Å². The molecule has 1 aliphatic heterocycles. The average Bonchev–Trinajstić information content (AvgIpc) is 2.54. The van der Waals surface area contributed by atoms with Crippen molar-refractivity contribution >= 4 is 26.9 Å². The number of piperidine rings is 1. The summed E-state index contributed by atoms with van der Waals surface area (Å²) in [5, 5.41) is 0. The Bertz CT molecular complexity index is 843. The SMILES string of the molecule is CC1CCN(c2nc3c(cc2C(N)=O)C(=S(=O)=O)CCC3(C)C)CC1. The number of primary amides is 1. The first-order valence-electron chi connectivity index (χ1n) is 8.76. The van der Waals surface area contributed by atoms with Crippen LogP contribution in [0.15, 0.2) is 6.07 Å². The van der Waals surface area contributed by atoms with E-state index in [0.29, 0.717) is 40.6 Å². The Morgan fingerprint density at radius 3 is 2.52 bits per heavy atom. The molecule has 0 bridgehead atoms. The number of fused-ring (bicyclic) bond motifs is 1. The molecule has 0 spiro atoms. The fourth-order valence-corrected chi connectivity index (χ4v) is 4.33. The zero-order valence-corrected chi connectivity index (χ0v) is 15.8. The number of carbonyl (C=O) groups is 1. The zero-order chi connectivity index (χ0) is 18.4. The van der Waals surface area contributed by atoms with Crippen LogP contribution in [0.5, 0.6) is 0 Å². The topological polar surface area (TPSA) is 93.4 Å². The van der Waals surface area contributed by atoms with Crippen LogP contribution in [0.2, 0.25) is 0 Å². The van der Waals surface area contributed by atoms with E-state index in [9.17, 15) is 13.2 Å². The second-order valence-corrected chi connectivity index (χ2v) is 8.79. The summed E-state index contributed by atoms with van der Waals surface area (Å²) in [7, 11) is -2.32. The zero-order valence-electron chi connectivity index (χ0n) is 15.0. The number of nitrogens with zero attached hydrogens (tertiary/aromatic N) is 2. The second kappa shape index (κ2) is 6.44. The maximum absolute atomic E-state index is 12.0. The molecule has 3 rings (SSSR count). The summed E-state index contributed by atoms with van der Waals surface area (Å²) >= 11 is 0. The minimum atomic E-state index is -2.32. The van der Waals surface area contributed by atoms with Crippen LogP contribution < -0.4 is 10.6 Å². The Kier molecular flexibility index (Phi) is 4.62. The standard InChI is InChI=1S/C18H25N3O3S/c1-11-5-8-21(9-6-11)17-13(16(19)22)10-12-14(25(23)24)4-7-18(2,3)15(12)20-17/h10-11H,4-9H2,1-3H3,(H2,19,22). The molecule has 0 aromatic carbocycles. The lowest BCUT2D eigenvalue weighted by Crippen LogP contribution is -2.37. The van der Waals surface area contributed by atoms with Gasteiger partial charge in [-0.2, -0.15) is 8.42 Å². The van der Waals surface area contributed by atoms with Crippen molar-refractivity contribution in [3.63, 3.8) is 0 Å². The van der Waals surface area contributed by atoms with Gasteiger partial charge in [0.05, 0.1) is 16.1 Å². The summed E-state index contributed by atoms with van der Waals surface area (Å²) in [6.07, 6.45) is 3.25. The van der Waals surface area contributed by atoms with Crippen LogP contribution in [-0.2, 0) is 15.7 Å². The third kappa shape index (κ3) is 3.29. The van der Waals surface area contributed by atoms with Crippen LogP contribution in [0.25, 0.3) is 0 Å². The van der Waals surface area contributed by atoms with Crippen molar-refractivity contribution < 1.29 is 13.2 Å². The van der Waals surface area contributed by atoms with Gasteiger partial charge in [-0.25, -0.2) is 4.98 Å². The molecule has 1 fully saturated rings. The van der Waals surface area contributed by atoms with Crippen molar-refractivity contribution in [3.8, 4) is 0 Å². The lowest BCUT2D eigenvalue weighted by molar-refractivity contribution is 0.1000. The van der Waals surface area contributed by atoms with Gasteiger partial charge in [0.1, 0.15) is 5.82 Å².